The molecule has 0 bridgehead atoms. The molecule has 1 aromatic carbocycles. The molecule has 2 N–H and O–H groups in total. The van der Waals surface area contributed by atoms with Crippen LogP contribution < -0.4 is 5.73 Å². The van der Waals surface area contributed by atoms with Crippen LogP contribution >= 0.6 is 0 Å². The molecule has 1 heterocycles. The molecule has 1 fully saturated rings. The maximum atomic E-state index is 5.86. The van der Waals surface area contributed by atoms with E-state index in [0.717, 1.165) is 13.0 Å². The van der Waals surface area contributed by atoms with Crippen LogP contribution in [0, 0.1) is 0 Å². The molecule has 0 aromatic heterocycles. The van der Waals surface area contributed by atoms with Gasteiger partial charge in [-0.15, -0.1) is 0 Å². The number of nitrogens with zero attached hydrogens (tertiary/aromatic N) is 1. The van der Waals surface area contributed by atoms with Crippen molar-refractivity contribution in [3.05, 3.63) is 35.9 Å². The smallest absolute Gasteiger partial charge is 0.0258 e. The summed E-state index contributed by atoms with van der Waals surface area (Å²) >= 11 is 0. The van der Waals surface area contributed by atoms with Gasteiger partial charge in [-0.1, -0.05) is 30.3 Å². The lowest BCUT2D eigenvalue weighted by molar-refractivity contribution is 0.246. The zero-order valence-corrected chi connectivity index (χ0v) is 9.23. The van der Waals surface area contributed by atoms with Gasteiger partial charge in [-0.25, -0.2) is 0 Å². The SMILES string of the molecule is NC[C@H](Cc1ccccc1)N1CCCC1. The predicted molar refractivity (Wildman–Crippen MR) is 63.8 cm³/mol. The van der Waals surface area contributed by atoms with Crippen molar-refractivity contribution in [2.45, 2.75) is 25.3 Å². The molecule has 1 aromatic rings. The molecule has 1 saturated heterocycles. The minimum atomic E-state index is 0.537. The van der Waals surface area contributed by atoms with Gasteiger partial charge in [0.2, 0.25) is 0 Å². The van der Waals surface area contributed by atoms with Crippen LogP contribution in [0.15, 0.2) is 30.3 Å². The Hall–Kier alpha value is -0.860. The summed E-state index contributed by atoms with van der Waals surface area (Å²) in [6, 6.07) is 11.2. The van der Waals surface area contributed by atoms with Gasteiger partial charge in [0.15, 0.2) is 0 Å². The van der Waals surface area contributed by atoms with Gasteiger partial charge in [0.25, 0.3) is 0 Å². The summed E-state index contributed by atoms with van der Waals surface area (Å²) in [5.41, 5.74) is 7.26. The topological polar surface area (TPSA) is 29.3 Å². The Bertz CT molecular complexity index is 278. The highest BCUT2D eigenvalue weighted by Gasteiger charge is 2.20. The summed E-state index contributed by atoms with van der Waals surface area (Å²) in [7, 11) is 0. The highest BCUT2D eigenvalue weighted by molar-refractivity contribution is 5.16. The van der Waals surface area contributed by atoms with Gasteiger partial charge >= 0.3 is 0 Å². The van der Waals surface area contributed by atoms with E-state index in [0.29, 0.717) is 6.04 Å². The Balaban J connectivity index is 1.96. The largest absolute Gasteiger partial charge is 0.329 e. The Labute approximate surface area is 92.1 Å². The van der Waals surface area contributed by atoms with Crippen LogP contribution in [-0.4, -0.2) is 30.6 Å². The van der Waals surface area contributed by atoms with Crippen molar-refractivity contribution < 1.29 is 0 Å². The molecule has 0 spiro atoms. The monoisotopic (exact) mass is 204 g/mol. The first-order valence-corrected chi connectivity index (χ1v) is 5.88. The van der Waals surface area contributed by atoms with Crippen molar-refractivity contribution in [3.8, 4) is 0 Å². The molecule has 0 aliphatic carbocycles. The second-order valence-electron chi connectivity index (χ2n) is 4.32. The van der Waals surface area contributed by atoms with Gasteiger partial charge in [0.1, 0.15) is 0 Å². The van der Waals surface area contributed by atoms with E-state index in [-0.39, 0.29) is 0 Å². The molecule has 0 unspecified atom stereocenters. The van der Waals surface area contributed by atoms with Gasteiger partial charge < -0.3 is 5.73 Å². The standard InChI is InChI=1S/C13H20N2/c14-11-13(15-8-4-5-9-15)10-12-6-2-1-3-7-12/h1-3,6-7,13H,4-5,8-11,14H2/t13-/m0/s1. The van der Waals surface area contributed by atoms with E-state index in [1.54, 1.807) is 0 Å². The van der Waals surface area contributed by atoms with E-state index in [1.165, 1.54) is 31.5 Å². The van der Waals surface area contributed by atoms with Crippen LogP contribution in [0.4, 0.5) is 0 Å². The molecular weight excluding hydrogens is 184 g/mol. The molecule has 0 saturated carbocycles. The minimum absolute atomic E-state index is 0.537. The first-order valence-electron chi connectivity index (χ1n) is 5.88. The molecule has 0 radical (unpaired) electrons. The number of hydrogen-bond donors (Lipinski definition) is 1. The molecule has 2 nitrogen and oxygen atoms in total. The molecule has 2 rings (SSSR count). The summed E-state index contributed by atoms with van der Waals surface area (Å²) < 4.78 is 0. The fourth-order valence-corrected chi connectivity index (χ4v) is 2.35. The molecule has 15 heavy (non-hydrogen) atoms. The summed E-state index contributed by atoms with van der Waals surface area (Å²) in [5, 5.41) is 0. The van der Waals surface area contributed by atoms with Crippen molar-refractivity contribution in [1.82, 2.24) is 4.90 Å². The van der Waals surface area contributed by atoms with Crippen LogP contribution in [0.2, 0.25) is 0 Å². The molecule has 1 aliphatic rings. The Morgan fingerprint density at radius 3 is 2.40 bits per heavy atom. The summed E-state index contributed by atoms with van der Waals surface area (Å²) in [6.07, 6.45) is 3.77. The highest BCUT2D eigenvalue weighted by atomic mass is 15.2. The number of rotatable bonds is 4. The number of likely N-dealkylation sites (tertiary alicyclic amines) is 1. The zero-order chi connectivity index (χ0) is 10.5. The fourth-order valence-electron chi connectivity index (χ4n) is 2.35. The van der Waals surface area contributed by atoms with E-state index in [2.05, 4.69) is 35.2 Å². The second kappa shape index (κ2) is 5.29. The van der Waals surface area contributed by atoms with Gasteiger partial charge in [-0.3, -0.25) is 4.90 Å². The van der Waals surface area contributed by atoms with Crippen molar-refractivity contribution in [2.75, 3.05) is 19.6 Å². The van der Waals surface area contributed by atoms with Crippen molar-refractivity contribution in [1.29, 1.82) is 0 Å². The zero-order valence-electron chi connectivity index (χ0n) is 9.23. The highest BCUT2D eigenvalue weighted by Crippen LogP contribution is 2.14. The lowest BCUT2D eigenvalue weighted by Crippen LogP contribution is -2.40. The lowest BCUT2D eigenvalue weighted by atomic mass is 10.1. The minimum Gasteiger partial charge on any atom is -0.329 e. The van der Waals surface area contributed by atoms with Gasteiger partial charge in [0.05, 0.1) is 0 Å². The summed E-state index contributed by atoms with van der Waals surface area (Å²) in [5.74, 6) is 0. The summed E-state index contributed by atoms with van der Waals surface area (Å²) in [4.78, 5) is 2.53. The Morgan fingerprint density at radius 2 is 1.80 bits per heavy atom. The van der Waals surface area contributed by atoms with Gasteiger partial charge in [0, 0.05) is 12.6 Å². The first-order chi connectivity index (χ1) is 7.40. The average Bonchev–Trinajstić information content (AvgIpc) is 2.81. The number of hydrogen-bond acceptors (Lipinski definition) is 2. The predicted octanol–water partition coefficient (Wildman–Crippen LogP) is 1.65. The quantitative estimate of drug-likeness (QED) is 0.808. The molecular formula is C13H20N2. The first kappa shape index (κ1) is 10.7. The fraction of sp³-hybridized carbons (Fsp3) is 0.538. The van der Waals surface area contributed by atoms with Crippen LogP contribution in [0.1, 0.15) is 18.4 Å². The van der Waals surface area contributed by atoms with Crippen LogP contribution in [-0.2, 0) is 6.42 Å². The van der Waals surface area contributed by atoms with E-state index >= 15 is 0 Å². The van der Waals surface area contributed by atoms with Crippen LogP contribution in [0.5, 0.6) is 0 Å². The van der Waals surface area contributed by atoms with Crippen molar-refractivity contribution in [2.24, 2.45) is 5.73 Å². The van der Waals surface area contributed by atoms with E-state index in [9.17, 15) is 0 Å². The van der Waals surface area contributed by atoms with Crippen LogP contribution in [0.3, 0.4) is 0 Å². The van der Waals surface area contributed by atoms with Crippen LogP contribution in [0.25, 0.3) is 0 Å². The third-order valence-electron chi connectivity index (χ3n) is 3.24. The molecule has 2 heteroatoms. The second-order valence-corrected chi connectivity index (χ2v) is 4.32. The van der Waals surface area contributed by atoms with Crippen molar-refractivity contribution >= 4 is 0 Å². The number of nitrogens with two attached hydrogens (primary N) is 1. The van der Waals surface area contributed by atoms with E-state index in [1.807, 2.05) is 0 Å². The summed E-state index contributed by atoms with van der Waals surface area (Å²) in [6.45, 7) is 3.23. The van der Waals surface area contributed by atoms with E-state index < -0.39 is 0 Å². The lowest BCUT2D eigenvalue weighted by Gasteiger charge is -2.26. The van der Waals surface area contributed by atoms with Gasteiger partial charge in [-0.05, 0) is 37.9 Å². The van der Waals surface area contributed by atoms with E-state index in [4.69, 9.17) is 5.73 Å². The molecule has 0 amide bonds. The number of benzene rings is 1. The third-order valence-corrected chi connectivity index (χ3v) is 3.24. The van der Waals surface area contributed by atoms with Crippen molar-refractivity contribution in [3.63, 3.8) is 0 Å². The molecule has 82 valence electrons. The molecule has 1 aliphatic heterocycles. The normalized spacial score (nSPS) is 19.3. The maximum Gasteiger partial charge on any atom is 0.0258 e. The molecule has 1 atom stereocenters. The average molecular weight is 204 g/mol. The van der Waals surface area contributed by atoms with Gasteiger partial charge in [-0.2, -0.15) is 0 Å². The Morgan fingerprint density at radius 1 is 1.13 bits per heavy atom. The maximum absolute atomic E-state index is 5.86. The third kappa shape index (κ3) is 2.80. The Kier molecular flexibility index (Phi) is 3.75.